The van der Waals surface area contributed by atoms with Crippen LogP contribution in [0.4, 0.5) is 0 Å². The van der Waals surface area contributed by atoms with Gasteiger partial charge in [0, 0.05) is 0 Å². The van der Waals surface area contributed by atoms with Gasteiger partial charge in [0.15, 0.2) is 0 Å². The SMILES string of the molecule is CC(C)Cc1ccc(C(N)COc2ccccc2Cl)cc1. The van der Waals surface area contributed by atoms with E-state index in [0.717, 1.165) is 12.0 Å². The summed E-state index contributed by atoms with van der Waals surface area (Å²) in [5.41, 5.74) is 8.60. The van der Waals surface area contributed by atoms with Crippen LogP contribution < -0.4 is 10.5 Å². The first-order valence-electron chi connectivity index (χ1n) is 7.28. The van der Waals surface area contributed by atoms with Crippen LogP contribution in [0.2, 0.25) is 5.02 Å². The standard InChI is InChI=1S/C18H22ClNO/c1-13(2)11-14-7-9-15(10-8-14)17(20)12-21-18-6-4-3-5-16(18)19/h3-10,13,17H,11-12,20H2,1-2H3. The summed E-state index contributed by atoms with van der Waals surface area (Å²) < 4.78 is 5.69. The summed E-state index contributed by atoms with van der Waals surface area (Å²) >= 11 is 6.06. The summed E-state index contributed by atoms with van der Waals surface area (Å²) in [4.78, 5) is 0. The van der Waals surface area contributed by atoms with Crippen molar-refractivity contribution in [1.82, 2.24) is 0 Å². The van der Waals surface area contributed by atoms with Gasteiger partial charge in [-0.05, 0) is 35.6 Å². The third-order valence-corrected chi connectivity index (χ3v) is 3.62. The lowest BCUT2D eigenvalue weighted by molar-refractivity contribution is 0.291. The van der Waals surface area contributed by atoms with Gasteiger partial charge in [-0.2, -0.15) is 0 Å². The van der Waals surface area contributed by atoms with E-state index in [1.165, 1.54) is 5.56 Å². The minimum Gasteiger partial charge on any atom is -0.490 e. The van der Waals surface area contributed by atoms with Crippen LogP contribution in [-0.4, -0.2) is 6.61 Å². The van der Waals surface area contributed by atoms with Crippen LogP contribution in [0, 0.1) is 5.92 Å². The van der Waals surface area contributed by atoms with E-state index < -0.39 is 0 Å². The summed E-state index contributed by atoms with van der Waals surface area (Å²) in [5.74, 6) is 1.33. The predicted octanol–water partition coefficient (Wildman–Crippen LogP) is 4.62. The molecule has 0 aliphatic carbocycles. The minimum absolute atomic E-state index is 0.158. The molecule has 112 valence electrons. The zero-order chi connectivity index (χ0) is 15.2. The second-order valence-electron chi connectivity index (χ2n) is 5.69. The molecule has 0 aliphatic heterocycles. The van der Waals surface area contributed by atoms with Crippen molar-refractivity contribution in [1.29, 1.82) is 0 Å². The van der Waals surface area contributed by atoms with E-state index in [2.05, 4.69) is 38.1 Å². The highest BCUT2D eigenvalue weighted by Gasteiger charge is 2.09. The number of para-hydroxylation sites is 1. The average Bonchev–Trinajstić information content (AvgIpc) is 2.46. The number of nitrogens with two attached hydrogens (primary N) is 1. The first kappa shape index (κ1) is 15.9. The fraction of sp³-hybridized carbons (Fsp3) is 0.333. The topological polar surface area (TPSA) is 35.2 Å². The second kappa shape index (κ2) is 7.48. The van der Waals surface area contributed by atoms with Gasteiger partial charge in [-0.15, -0.1) is 0 Å². The molecule has 0 saturated carbocycles. The molecule has 0 saturated heterocycles. The van der Waals surface area contributed by atoms with Crippen LogP contribution in [0.15, 0.2) is 48.5 Å². The second-order valence-corrected chi connectivity index (χ2v) is 6.09. The molecule has 0 bridgehead atoms. The van der Waals surface area contributed by atoms with Gasteiger partial charge in [0.05, 0.1) is 11.1 Å². The van der Waals surface area contributed by atoms with Crippen LogP contribution in [0.3, 0.4) is 0 Å². The van der Waals surface area contributed by atoms with Crippen LogP contribution >= 0.6 is 11.6 Å². The normalized spacial score (nSPS) is 12.4. The van der Waals surface area contributed by atoms with Gasteiger partial charge in [0.1, 0.15) is 12.4 Å². The molecular weight excluding hydrogens is 282 g/mol. The Morgan fingerprint density at radius 2 is 1.71 bits per heavy atom. The highest BCUT2D eigenvalue weighted by atomic mass is 35.5. The summed E-state index contributed by atoms with van der Waals surface area (Å²) in [5, 5.41) is 0.608. The Kier molecular flexibility index (Phi) is 5.66. The van der Waals surface area contributed by atoms with Crippen LogP contribution in [0.25, 0.3) is 0 Å². The Balaban J connectivity index is 1.94. The number of halogens is 1. The molecule has 0 heterocycles. The Morgan fingerprint density at radius 1 is 1.05 bits per heavy atom. The maximum Gasteiger partial charge on any atom is 0.137 e. The third-order valence-electron chi connectivity index (χ3n) is 3.31. The number of ether oxygens (including phenoxy) is 1. The first-order valence-corrected chi connectivity index (χ1v) is 7.66. The lowest BCUT2D eigenvalue weighted by Crippen LogP contribution is -2.19. The molecular formula is C18H22ClNO. The van der Waals surface area contributed by atoms with E-state index in [1.807, 2.05) is 24.3 Å². The molecule has 1 unspecified atom stereocenters. The molecule has 0 spiro atoms. The highest BCUT2D eigenvalue weighted by Crippen LogP contribution is 2.24. The maximum atomic E-state index is 6.18. The van der Waals surface area contributed by atoms with Gasteiger partial charge in [-0.25, -0.2) is 0 Å². The van der Waals surface area contributed by atoms with Gasteiger partial charge in [-0.3, -0.25) is 0 Å². The van der Waals surface area contributed by atoms with E-state index in [0.29, 0.717) is 23.3 Å². The molecule has 0 aromatic heterocycles. The van der Waals surface area contributed by atoms with Crippen molar-refractivity contribution in [3.8, 4) is 5.75 Å². The minimum atomic E-state index is -0.158. The molecule has 0 amide bonds. The van der Waals surface area contributed by atoms with Gasteiger partial charge in [0.25, 0.3) is 0 Å². The molecule has 1 atom stereocenters. The highest BCUT2D eigenvalue weighted by molar-refractivity contribution is 6.32. The van der Waals surface area contributed by atoms with E-state index in [-0.39, 0.29) is 6.04 Å². The van der Waals surface area contributed by atoms with E-state index in [4.69, 9.17) is 22.1 Å². The van der Waals surface area contributed by atoms with Crippen LogP contribution in [0.1, 0.15) is 31.0 Å². The van der Waals surface area contributed by atoms with Crippen molar-refractivity contribution in [3.63, 3.8) is 0 Å². The molecule has 2 aromatic carbocycles. The molecule has 3 heteroatoms. The first-order chi connectivity index (χ1) is 10.1. The Hall–Kier alpha value is -1.51. The van der Waals surface area contributed by atoms with Crippen molar-refractivity contribution >= 4 is 11.6 Å². The number of benzene rings is 2. The summed E-state index contributed by atoms with van der Waals surface area (Å²) in [6, 6.07) is 15.7. The number of hydrogen-bond acceptors (Lipinski definition) is 2. The Labute approximate surface area is 131 Å². The van der Waals surface area contributed by atoms with Gasteiger partial charge < -0.3 is 10.5 Å². The van der Waals surface area contributed by atoms with Crippen molar-refractivity contribution in [2.75, 3.05) is 6.61 Å². The molecule has 2 N–H and O–H groups in total. The number of hydrogen-bond donors (Lipinski definition) is 1. The maximum absolute atomic E-state index is 6.18. The van der Waals surface area contributed by atoms with Crippen LogP contribution in [-0.2, 0) is 6.42 Å². The molecule has 0 radical (unpaired) electrons. The molecule has 0 fully saturated rings. The molecule has 2 nitrogen and oxygen atoms in total. The lowest BCUT2D eigenvalue weighted by atomic mass is 10.00. The molecule has 2 rings (SSSR count). The van der Waals surface area contributed by atoms with E-state index in [1.54, 1.807) is 0 Å². The van der Waals surface area contributed by atoms with Gasteiger partial charge in [0.2, 0.25) is 0 Å². The smallest absolute Gasteiger partial charge is 0.137 e. The average molecular weight is 304 g/mol. The third kappa shape index (κ3) is 4.76. The van der Waals surface area contributed by atoms with Crippen molar-refractivity contribution in [3.05, 3.63) is 64.7 Å². The fourth-order valence-corrected chi connectivity index (χ4v) is 2.40. The fourth-order valence-electron chi connectivity index (χ4n) is 2.21. The Bertz CT molecular complexity index is 566. The number of rotatable bonds is 6. The summed E-state index contributed by atoms with van der Waals surface area (Å²) in [6.07, 6.45) is 1.09. The zero-order valence-corrected chi connectivity index (χ0v) is 13.3. The molecule has 0 aliphatic rings. The largest absolute Gasteiger partial charge is 0.490 e. The summed E-state index contributed by atoms with van der Waals surface area (Å²) in [6.45, 7) is 4.85. The lowest BCUT2D eigenvalue weighted by Gasteiger charge is -2.15. The van der Waals surface area contributed by atoms with Gasteiger partial charge >= 0.3 is 0 Å². The Morgan fingerprint density at radius 3 is 2.33 bits per heavy atom. The van der Waals surface area contributed by atoms with Crippen molar-refractivity contribution in [2.24, 2.45) is 11.7 Å². The zero-order valence-electron chi connectivity index (χ0n) is 12.6. The quantitative estimate of drug-likeness (QED) is 0.845. The monoisotopic (exact) mass is 303 g/mol. The predicted molar refractivity (Wildman–Crippen MR) is 88.9 cm³/mol. The van der Waals surface area contributed by atoms with E-state index in [9.17, 15) is 0 Å². The molecule has 21 heavy (non-hydrogen) atoms. The van der Waals surface area contributed by atoms with Crippen molar-refractivity contribution < 1.29 is 4.74 Å². The summed E-state index contributed by atoms with van der Waals surface area (Å²) in [7, 11) is 0. The van der Waals surface area contributed by atoms with Gasteiger partial charge in [-0.1, -0.05) is 61.8 Å². The molecule has 2 aromatic rings. The van der Waals surface area contributed by atoms with E-state index >= 15 is 0 Å². The van der Waals surface area contributed by atoms with Crippen molar-refractivity contribution in [2.45, 2.75) is 26.3 Å². The van der Waals surface area contributed by atoms with Crippen LogP contribution in [0.5, 0.6) is 5.75 Å².